The van der Waals surface area contributed by atoms with E-state index in [1.807, 2.05) is 18.2 Å². The summed E-state index contributed by atoms with van der Waals surface area (Å²) in [5, 5.41) is 2.55. The molecule has 9 aromatic rings. The van der Waals surface area contributed by atoms with Crippen LogP contribution < -0.4 is 0 Å². The average Bonchev–Trinajstić information content (AvgIpc) is 3.74. The Morgan fingerprint density at radius 2 is 0.880 bits per heavy atom. The predicted octanol–water partition coefficient (Wildman–Crippen LogP) is 11.8. The normalized spacial score (nSPS) is 11.9. The molecule has 2 heterocycles. The van der Waals surface area contributed by atoms with Crippen LogP contribution in [0.3, 0.4) is 0 Å². The van der Waals surface area contributed by atoms with Crippen LogP contribution in [0.15, 0.2) is 176 Å². The Morgan fingerprint density at radius 1 is 0.360 bits per heavy atom. The average molecular weight is 638 g/mol. The number of aromatic nitrogens is 3. The highest BCUT2D eigenvalue weighted by molar-refractivity contribution is 6.09. The second-order valence-electron chi connectivity index (χ2n) is 13.0. The number of rotatable bonds is 5. The lowest BCUT2D eigenvalue weighted by Crippen LogP contribution is -1.99. The lowest BCUT2D eigenvalue weighted by Gasteiger charge is -2.11. The lowest BCUT2D eigenvalue weighted by molar-refractivity contribution is 1.13. The summed E-state index contributed by atoms with van der Waals surface area (Å²) in [5.41, 5.74) is 16.3. The van der Waals surface area contributed by atoms with Crippen LogP contribution in [0.1, 0.15) is 11.1 Å². The van der Waals surface area contributed by atoms with Crippen LogP contribution in [0.2, 0.25) is 0 Å². The summed E-state index contributed by atoms with van der Waals surface area (Å²) in [7, 11) is 0. The largest absolute Gasteiger partial charge is 0.309 e. The van der Waals surface area contributed by atoms with Crippen molar-refractivity contribution >= 4 is 21.8 Å². The van der Waals surface area contributed by atoms with Gasteiger partial charge in [0.1, 0.15) is 0 Å². The standard InChI is InChI=1S/C47H31N3/c1-3-12-34(13-4-1)45-42-30-41-37(18-11-19-40(41)46(42)49-47(48-45)35-14-5-2-6-15-35)33-24-22-31(23-25-33)32-26-28-36(29-27-32)50-43-20-9-7-16-38(43)39-17-8-10-21-44(39)50/h1-29H,30H2. The minimum Gasteiger partial charge on any atom is -0.309 e. The van der Waals surface area contributed by atoms with Crippen LogP contribution in [0.25, 0.3) is 83.6 Å². The minimum atomic E-state index is 0.759. The first kappa shape index (κ1) is 28.4. The first-order valence-electron chi connectivity index (χ1n) is 17.1. The fourth-order valence-electron chi connectivity index (χ4n) is 7.72. The molecule has 234 valence electrons. The van der Waals surface area contributed by atoms with Crippen LogP contribution >= 0.6 is 0 Å². The Kier molecular flexibility index (Phi) is 6.56. The molecule has 3 heteroatoms. The molecule has 0 fully saturated rings. The molecule has 0 saturated carbocycles. The Hall–Kier alpha value is -6.58. The molecule has 0 unspecified atom stereocenters. The molecule has 7 aromatic carbocycles. The summed E-state index contributed by atoms with van der Waals surface area (Å²) in [4.78, 5) is 10.3. The zero-order valence-electron chi connectivity index (χ0n) is 27.3. The smallest absolute Gasteiger partial charge is 0.160 e. The molecule has 3 nitrogen and oxygen atoms in total. The summed E-state index contributed by atoms with van der Waals surface area (Å²) < 4.78 is 2.36. The van der Waals surface area contributed by atoms with E-state index in [4.69, 9.17) is 9.97 Å². The van der Waals surface area contributed by atoms with E-state index in [1.54, 1.807) is 0 Å². The molecule has 0 saturated heterocycles. The fourth-order valence-corrected chi connectivity index (χ4v) is 7.72. The third kappa shape index (κ3) is 4.59. The molecule has 0 aliphatic heterocycles. The van der Waals surface area contributed by atoms with Crippen molar-refractivity contribution in [1.29, 1.82) is 0 Å². The van der Waals surface area contributed by atoms with Gasteiger partial charge in [-0.25, -0.2) is 9.97 Å². The molecule has 0 bridgehead atoms. The predicted molar refractivity (Wildman–Crippen MR) is 206 cm³/mol. The van der Waals surface area contributed by atoms with Crippen molar-refractivity contribution in [3.8, 4) is 61.8 Å². The van der Waals surface area contributed by atoms with Crippen molar-refractivity contribution in [2.75, 3.05) is 0 Å². The van der Waals surface area contributed by atoms with E-state index in [1.165, 1.54) is 60.8 Å². The second-order valence-corrected chi connectivity index (χ2v) is 13.0. The van der Waals surface area contributed by atoms with Gasteiger partial charge in [-0.3, -0.25) is 0 Å². The van der Waals surface area contributed by atoms with Crippen molar-refractivity contribution in [2.24, 2.45) is 0 Å². The summed E-state index contributed by atoms with van der Waals surface area (Å²) in [6, 6.07) is 62.7. The Morgan fingerprint density at radius 3 is 1.54 bits per heavy atom. The van der Waals surface area contributed by atoms with E-state index in [0.717, 1.165) is 40.4 Å². The van der Waals surface area contributed by atoms with Crippen molar-refractivity contribution in [3.63, 3.8) is 0 Å². The Balaban J connectivity index is 1.00. The van der Waals surface area contributed by atoms with E-state index in [-0.39, 0.29) is 0 Å². The highest BCUT2D eigenvalue weighted by Crippen LogP contribution is 2.45. The maximum Gasteiger partial charge on any atom is 0.160 e. The summed E-state index contributed by atoms with van der Waals surface area (Å²) in [6.45, 7) is 0. The van der Waals surface area contributed by atoms with Gasteiger partial charge < -0.3 is 4.57 Å². The molecule has 1 aliphatic carbocycles. The van der Waals surface area contributed by atoms with Gasteiger partial charge in [0.25, 0.3) is 0 Å². The van der Waals surface area contributed by atoms with Crippen molar-refractivity contribution in [1.82, 2.24) is 14.5 Å². The molecule has 10 rings (SSSR count). The molecule has 50 heavy (non-hydrogen) atoms. The molecular weight excluding hydrogens is 607 g/mol. The second kappa shape index (κ2) is 11.5. The number of benzene rings is 7. The van der Waals surface area contributed by atoms with Crippen molar-refractivity contribution < 1.29 is 0 Å². The Labute approximate surface area is 290 Å². The van der Waals surface area contributed by atoms with Crippen molar-refractivity contribution in [2.45, 2.75) is 6.42 Å². The summed E-state index contributed by atoms with van der Waals surface area (Å²) in [6.07, 6.45) is 0.798. The van der Waals surface area contributed by atoms with Gasteiger partial charge in [-0.05, 0) is 52.1 Å². The quantitative estimate of drug-likeness (QED) is 0.188. The third-order valence-corrected chi connectivity index (χ3v) is 10.1. The highest BCUT2D eigenvalue weighted by atomic mass is 15.0. The number of hydrogen-bond acceptors (Lipinski definition) is 2. The van der Waals surface area contributed by atoms with Crippen LogP contribution in [-0.2, 0) is 6.42 Å². The molecule has 1 aliphatic rings. The number of nitrogens with zero attached hydrogens (tertiary/aromatic N) is 3. The first-order valence-corrected chi connectivity index (χ1v) is 17.1. The van der Waals surface area contributed by atoms with E-state index in [2.05, 4.69) is 162 Å². The van der Waals surface area contributed by atoms with Crippen LogP contribution in [0, 0.1) is 0 Å². The van der Waals surface area contributed by atoms with Gasteiger partial charge in [0, 0.05) is 45.1 Å². The molecule has 0 amide bonds. The van der Waals surface area contributed by atoms with Crippen molar-refractivity contribution in [3.05, 3.63) is 187 Å². The van der Waals surface area contributed by atoms with E-state index in [0.29, 0.717) is 0 Å². The summed E-state index contributed by atoms with van der Waals surface area (Å²) >= 11 is 0. The van der Waals surface area contributed by atoms with Gasteiger partial charge in [-0.1, -0.05) is 152 Å². The van der Waals surface area contributed by atoms with Gasteiger partial charge in [0.15, 0.2) is 5.82 Å². The molecule has 0 spiro atoms. The minimum absolute atomic E-state index is 0.759. The number of fused-ring (bicyclic) bond motifs is 6. The summed E-state index contributed by atoms with van der Waals surface area (Å²) in [5.74, 6) is 0.759. The monoisotopic (exact) mass is 637 g/mol. The van der Waals surface area contributed by atoms with Gasteiger partial charge in [-0.2, -0.15) is 0 Å². The van der Waals surface area contributed by atoms with Gasteiger partial charge >= 0.3 is 0 Å². The molecular formula is C47H31N3. The van der Waals surface area contributed by atoms with Gasteiger partial charge in [0.05, 0.1) is 22.4 Å². The zero-order chi connectivity index (χ0) is 33.0. The SMILES string of the molecule is c1ccc(-c2nc(-c3ccccc3)c3c(n2)-c2cccc(-c4ccc(-c5ccc(-n6c7ccccc7c7ccccc76)cc5)cc4)c2C3)cc1. The zero-order valence-corrected chi connectivity index (χ0v) is 27.3. The Bertz CT molecular complexity index is 2640. The number of para-hydroxylation sites is 2. The topological polar surface area (TPSA) is 30.7 Å². The first-order chi connectivity index (χ1) is 24.8. The molecule has 0 atom stereocenters. The van der Waals surface area contributed by atoms with Gasteiger partial charge in [0.2, 0.25) is 0 Å². The highest BCUT2D eigenvalue weighted by Gasteiger charge is 2.28. The van der Waals surface area contributed by atoms with Crippen LogP contribution in [0.4, 0.5) is 0 Å². The third-order valence-electron chi connectivity index (χ3n) is 10.1. The van der Waals surface area contributed by atoms with Gasteiger partial charge in [-0.15, -0.1) is 0 Å². The lowest BCUT2D eigenvalue weighted by atomic mass is 9.94. The molecule has 0 radical (unpaired) electrons. The fraction of sp³-hybridized carbons (Fsp3) is 0.0213. The van der Waals surface area contributed by atoms with E-state index >= 15 is 0 Å². The van der Waals surface area contributed by atoms with Crippen LogP contribution in [0.5, 0.6) is 0 Å². The number of hydrogen-bond donors (Lipinski definition) is 0. The van der Waals surface area contributed by atoms with E-state index < -0.39 is 0 Å². The molecule has 0 N–H and O–H groups in total. The van der Waals surface area contributed by atoms with Crippen LogP contribution in [-0.4, -0.2) is 14.5 Å². The maximum absolute atomic E-state index is 5.19. The molecule has 2 aromatic heterocycles. The maximum atomic E-state index is 5.19. The van der Waals surface area contributed by atoms with E-state index in [9.17, 15) is 0 Å².